The summed E-state index contributed by atoms with van der Waals surface area (Å²) < 4.78 is 5.74. The number of hydrogen-bond acceptors (Lipinski definition) is 5. The van der Waals surface area contributed by atoms with Crippen molar-refractivity contribution in [2.45, 2.75) is 57.9 Å². The number of benzene rings is 3. The zero-order valence-corrected chi connectivity index (χ0v) is 25.3. The number of aromatic nitrogens is 2. The monoisotopic (exact) mass is 588 g/mol. The van der Waals surface area contributed by atoms with Gasteiger partial charge in [-0.3, -0.25) is 4.90 Å². The average molecular weight is 589 g/mol. The zero-order chi connectivity index (χ0) is 29.9. The number of nitrogens with zero attached hydrogens (tertiary/aromatic N) is 4. The van der Waals surface area contributed by atoms with E-state index in [-0.39, 0.29) is 18.0 Å². The number of imidazole rings is 1. The van der Waals surface area contributed by atoms with Crippen LogP contribution in [-0.2, 0) is 24.0 Å². The summed E-state index contributed by atoms with van der Waals surface area (Å²) in [6.45, 7) is 4.29. The number of aromatic amines is 1. The molecule has 2 aliphatic heterocycles. The topological polar surface area (TPSA) is 85.9 Å². The minimum Gasteiger partial charge on any atom is -0.385 e. The summed E-state index contributed by atoms with van der Waals surface area (Å²) >= 11 is 0. The Balaban J connectivity index is 1.24. The number of ether oxygens (including phenoxy) is 1. The molecule has 0 bridgehead atoms. The van der Waals surface area contributed by atoms with E-state index in [1.165, 1.54) is 11.1 Å². The van der Waals surface area contributed by atoms with Crippen molar-refractivity contribution >= 4 is 28.8 Å². The average Bonchev–Trinajstić information content (AvgIpc) is 3.44. The molecule has 2 amide bonds. The Bertz CT molecular complexity index is 1600. The zero-order valence-electron chi connectivity index (χ0n) is 25.3. The maximum atomic E-state index is 14.8. The largest absolute Gasteiger partial charge is 0.385 e. The van der Waals surface area contributed by atoms with E-state index in [2.05, 4.69) is 76.8 Å². The van der Waals surface area contributed by atoms with Crippen LogP contribution in [0.5, 0.6) is 0 Å². The van der Waals surface area contributed by atoms with E-state index >= 15 is 0 Å². The van der Waals surface area contributed by atoms with Crippen LogP contribution in [0, 0.1) is 12.8 Å². The van der Waals surface area contributed by atoms with Crippen LogP contribution in [0.15, 0.2) is 84.2 Å². The predicted molar refractivity (Wildman–Crippen MR) is 175 cm³/mol. The number of rotatable bonds is 7. The molecule has 44 heavy (non-hydrogen) atoms. The predicted octanol–water partition coefficient (Wildman–Crippen LogP) is 7.02. The number of nitrogens with one attached hydrogen (secondary N) is 2. The highest BCUT2D eigenvalue weighted by Gasteiger charge is 2.37. The van der Waals surface area contributed by atoms with Crippen LogP contribution in [0.1, 0.15) is 53.8 Å². The molecule has 3 heterocycles. The van der Waals surface area contributed by atoms with Gasteiger partial charge in [-0.1, -0.05) is 36.4 Å². The van der Waals surface area contributed by atoms with Gasteiger partial charge in [-0.05, 0) is 92.5 Å². The van der Waals surface area contributed by atoms with E-state index in [1.54, 1.807) is 6.20 Å². The summed E-state index contributed by atoms with van der Waals surface area (Å²) in [6.07, 6.45) is 9.88. The maximum Gasteiger partial charge on any atom is 0.349 e. The Morgan fingerprint density at radius 1 is 0.955 bits per heavy atom. The van der Waals surface area contributed by atoms with Crippen molar-refractivity contribution in [2.75, 3.05) is 30.0 Å². The molecule has 0 spiro atoms. The number of carbonyl (C=O) groups excluding carboxylic acids is 1. The first-order valence-electron chi connectivity index (χ1n) is 15.9. The van der Waals surface area contributed by atoms with Crippen molar-refractivity contribution in [3.05, 3.63) is 107 Å². The molecule has 3 aliphatic rings. The highest BCUT2D eigenvalue weighted by atomic mass is 16.5. The first-order chi connectivity index (χ1) is 21.6. The van der Waals surface area contributed by atoms with Gasteiger partial charge < -0.3 is 15.0 Å². The Kier molecular flexibility index (Phi) is 8.16. The smallest absolute Gasteiger partial charge is 0.349 e. The fourth-order valence-corrected chi connectivity index (χ4v) is 6.79. The molecule has 1 saturated heterocycles. The number of fused-ring (bicyclic) bond motifs is 2. The number of hydrazone groups is 1. The van der Waals surface area contributed by atoms with Crippen LogP contribution < -0.4 is 10.2 Å². The summed E-state index contributed by atoms with van der Waals surface area (Å²) in [7, 11) is 0. The third-order valence-corrected chi connectivity index (χ3v) is 9.21. The lowest BCUT2D eigenvalue weighted by atomic mass is 9.88. The molecule has 0 radical (unpaired) electrons. The van der Waals surface area contributed by atoms with Crippen molar-refractivity contribution in [1.82, 2.24) is 15.0 Å². The highest BCUT2D eigenvalue weighted by Crippen LogP contribution is 2.39. The van der Waals surface area contributed by atoms with Crippen molar-refractivity contribution in [3.63, 3.8) is 0 Å². The summed E-state index contributed by atoms with van der Waals surface area (Å²) in [5.74, 6) is 1.20. The van der Waals surface area contributed by atoms with Gasteiger partial charge in [-0.25, -0.2) is 14.8 Å². The van der Waals surface area contributed by atoms with Gasteiger partial charge in [0.1, 0.15) is 5.82 Å². The van der Waals surface area contributed by atoms with Crippen LogP contribution in [0.2, 0.25) is 0 Å². The SMILES string of the molecule is Cc1ccc2c(c1)N(c1ccc(NCCc3ncc[nH]3)cc1)C(=O)N(C1CCc3ccccc3CC1)N=C2C1CCOCC1. The second-order valence-electron chi connectivity index (χ2n) is 12.1. The van der Waals surface area contributed by atoms with Gasteiger partial charge in [0.15, 0.2) is 0 Å². The second-order valence-corrected chi connectivity index (χ2v) is 12.1. The molecular weight excluding hydrogens is 548 g/mol. The minimum atomic E-state index is -0.0894. The lowest BCUT2D eigenvalue weighted by molar-refractivity contribution is 0.0823. The van der Waals surface area contributed by atoms with Crippen molar-refractivity contribution in [1.29, 1.82) is 0 Å². The molecule has 3 aromatic carbocycles. The van der Waals surface area contributed by atoms with Gasteiger partial charge >= 0.3 is 6.03 Å². The van der Waals surface area contributed by atoms with E-state index in [0.29, 0.717) is 0 Å². The number of urea groups is 1. The van der Waals surface area contributed by atoms with Crippen molar-refractivity contribution in [3.8, 4) is 0 Å². The number of H-pyrrole nitrogens is 1. The van der Waals surface area contributed by atoms with Crippen LogP contribution in [0.3, 0.4) is 0 Å². The fourth-order valence-electron chi connectivity index (χ4n) is 6.79. The van der Waals surface area contributed by atoms with Crippen LogP contribution in [0.25, 0.3) is 0 Å². The summed E-state index contributed by atoms with van der Waals surface area (Å²) in [6, 6.07) is 23.2. The van der Waals surface area contributed by atoms with Crippen molar-refractivity contribution in [2.24, 2.45) is 11.0 Å². The van der Waals surface area contributed by atoms with E-state index in [1.807, 2.05) is 28.2 Å². The number of amides is 2. The fraction of sp³-hybridized carbons (Fsp3) is 0.361. The molecule has 226 valence electrons. The van der Waals surface area contributed by atoms with E-state index < -0.39 is 0 Å². The third-order valence-electron chi connectivity index (χ3n) is 9.21. The normalized spacial score (nSPS) is 17.8. The van der Waals surface area contributed by atoms with Gasteiger partial charge in [0, 0.05) is 55.7 Å². The van der Waals surface area contributed by atoms with Gasteiger partial charge in [0.25, 0.3) is 0 Å². The number of anilines is 3. The Morgan fingerprint density at radius 3 is 2.41 bits per heavy atom. The quantitative estimate of drug-likeness (QED) is 0.227. The van der Waals surface area contributed by atoms with Crippen molar-refractivity contribution < 1.29 is 9.53 Å². The molecule has 4 aromatic rings. The Morgan fingerprint density at radius 2 is 1.70 bits per heavy atom. The van der Waals surface area contributed by atoms with Crippen LogP contribution in [-0.4, -0.2) is 52.5 Å². The molecule has 2 N–H and O–H groups in total. The third kappa shape index (κ3) is 5.86. The molecule has 7 rings (SSSR count). The molecule has 8 heteroatoms. The Hall–Kier alpha value is -4.43. The van der Waals surface area contributed by atoms with E-state index in [9.17, 15) is 4.79 Å². The molecule has 0 saturated carbocycles. The molecule has 1 aliphatic carbocycles. The summed E-state index contributed by atoms with van der Waals surface area (Å²) in [5.41, 5.74) is 8.68. The van der Waals surface area contributed by atoms with Crippen LogP contribution >= 0.6 is 0 Å². The molecular formula is C36H40N6O2. The van der Waals surface area contributed by atoms with Gasteiger partial charge in [0.05, 0.1) is 23.1 Å². The lowest BCUT2D eigenvalue weighted by Crippen LogP contribution is -2.43. The number of hydrogen-bond donors (Lipinski definition) is 2. The first kappa shape index (κ1) is 28.3. The van der Waals surface area contributed by atoms with Gasteiger partial charge in [0.2, 0.25) is 0 Å². The van der Waals surface area contributed by atoms with E-state index in [0.717, 1.165) is 104 Å². The summed E-state index contributed by atoms with van der Waals surface area (Å²) in [5, 5.41) is 10.6. The lowest BCUT2D eigenvalue weighted by Gasteiger charge is -2.31. The second kappa shape index (κ2) is 12.7. The standard InChI is InChI=1S/C36H40N6O2/c1-25-6-15-32-33(24-25)41(30-13-9-29(10-14-30)37-19-16-34-38-20-21-39-34)36(43)42(40-35(32)28-17-22-44-23-18-28)31-11-7-26-4-2-3-5-27(26)8-12-31/h2-6,9-10,13-15,20-21,24,28,31,37H,7-8,11-12,16-19,22-23H2,1H3,(H,38,39). The molecule has 1 fully saturated rings. The van der Waals surface area contributed by atoms with Crippen LogP contribution in [0.4, 0.5) is 21.9 Å². The number of carbonyl (C=O) groups is 1. The first-order valence-corrected chi connectivity index (χ1v) is 15.9. The Labute approximate surface area is 259 Å². The maximum absolute atomic E-state index is 14.8. The molecule has 0 unspecified atom stereocenters. The van der Waals surface area contributed by atoms with Gasteiger partial charge in [-0.15, -0.1) is 0 Å². The van der Waals surface area contributed by atoms with E-state index in [4.69, 9.17) is 9.84 Å². The molecule has 0 atom stereocenters. The molecule has 8 nitrogen and oxygen atoms in total. The molecule has 1 aromatic heterocycles. The minimum absolute atomic E-state index is 0.00481. The van der Waals surface area contributed by atoms with Gasteiger partial charge in [-0.2, -0.15) is 5.10 Å². The number of aryl methyl sites for hydroxylation is 3. The highest BCUT2D eigenvalue weighted by molar-refractivity contribution is 6.14. The summed E-state index contributed by atoms with van der Waals surface area (Å²) in [4.78, 5) is 24.2.